The molecule has 2 aromatic rings. The Kier molecular flexibility index (Phi) is 2.60. The van der Waals surface area contributed by atoms with Crippen molar-refractivity contribution in [2.24, 2.45) is 5.73 Å². The number of hydrogen-bond acceptors (Lipinski definition) is 5. The number of nitrogen functional groups attached to an aromatic ring is 1. The van der Waals surface area contributed by atoms with Gasteiger partial charge in [-0.1, -0.05) is 0 Å². The third kappa shape index (κ3) is 1.78. The summed E-state index contributed by atoms with van der Waals surface area (Å²) in [7, 11) is 0. The predicted molar refractivity (Wildman–Crippen MR) is 67.1 cm³/mol. The van der Waals surface area contributed by atoms with Gasteiger partial charge in [0.15, 0.2) is 5.65 Å². The highest BCUT2D eigenvalue weighted by Crippen LogP contribution is 2.15. The van der Waals surface area contributed by atoms with Crippen LogP contribution in [0, 0.1) is 5.41 Å². The minimum Gasteiger partial charge on any atom is -0.384 e. The Morgan fingerprint density at radius 3 is 3.17 bits per heavy atom. The summed E-state index contributed by atoms with van der Waals surface area (Å²) >= 11 is 0. The summed E-state index contributed by atoms with van der Waals surface area (Å²) in [6.07, 6.45) is 4.22. The molecular weight excluding hydrogens is 232 g/mol. The Balaban J connectivity index is 2.03. The molecule has 3 heterocycles. The molecule has 0 radical (unpaired) electrons. The molecule has 18 heavy (non-hydrogen) atoms. The topological polar surface area (TPSA) is 102 Å². The number of pyridine rings is 1. The summed E-state index contributed by atoms with van der Waals surface area (Å²) in [4.78, 5) is 8.36. The molecule has 0 spiro atoms. The largest absolute Gasteiger partial charge is 0.384 e. The fourth-order valence-electron chi connectivity index (χ4n) is 2.09. The molecule has 1 aliphatic heterocycles. The lowest BCUT2D eigenvalue weighted by Gasteiger charge is -2.14. The molecular formula is C11H14N6O. The first kappa shape index (κ1) is 11.0. The minimum absolute atomic E-state index is 0.00798. The van der Waals surface area contributed by atoms with Gasteiger partial charge in [0.25, 0.3) is 0 Å². The highest BCUT2D eigenvalue weighted by atomic mass is 16.5. The monoisotopic (exact) mass is 246 g/mol. The SMILES string of the molecule is N=C(N)c1ccnc2ncn(NC3CCOC3)c12. The number of nitrogens with one attached hydrogen (secondary N) is 2. The molecule has 4 N–H and O–H groups in total. The lowest BCUT2D eigenvalue weighted by molar-refractivity contribution is 0.194. The molecule has 1 unspecified atom stereocenters. The highest BCUT2D eigenvalue weighted by molar-refractivity contribution is 6.04. The minimum atomic E-state index is 0.00798. The van der Waals surface area contributed by atoms with E-state index in [1.54, 1.807) is 23.3 Å². The number of ether oxygens (including phenoxy) is 1. The van der Waals surface area contributed by atoms with Crippen molar-refractivity contribution in [3.05, 3.63) is 24.2 Å². The average molecular weight is 246 g/mol. The Hall–Kier alpha value is -2.15. The zero-order valence-corrected chi connectivity index (χ0v) is 9.76. The maximum Gasteiger partial charge on any atom is 0.180 e. The Labute approximate surface area is 103 Å². The van der Waals surface area contributed by atoms with Gasteiger partial charge in [0.1, 0.15) is 17.7 Å². The van der Waals surface area contributed by atoms with Gasteiger partial charge >= 0.3 is 0 Å². The second kappa shape index (κ2) is 4.26. The average Bonchev–Trinajstić information content (AvgIpc) is 2.99. The van der Waals surface area contributed by atoms with Gasteiger partial charge in [-0.3, -0.25) is 5.41 Å². The number of imidazole rings is 1. The van der Waals surface area contributed by atoms with Crippen molar-refractivity contribution in [1.82, 2.24) is 14.6 Å². The van der Waals surface area contributed by atoms with E-state index < -0.39 is 0 Å². The molecule has 1 aliphatic rings. The van der Waals surface area contributed by atoms with Crippen LogP contribution in [0.3, 0.4) is 0 Å². The zero-order chi connectivity index (χ0) is 12.5. The van der Waals surface area contributed by atoms with Gasteiger partial charge in [0.2, 0.25) is 0 Å². The van der Waals surface area contributed by atoms with Crippen LogP contribution in [-0.2, 0) is 4.74 Å². The Bertz CT molecular complexity index is 586. The van der Waals surface area contributed by atoms with Crippen molar-refractivity contribution >= 4 is 17.0 Å². The molecule has 0 aromatic carbocycles. The molecule has 2 aromatic heterocycles. The number of nitrogens with zero attached hydrogens (tertiary/aromatic N) is 3. The predicted octanol–water partition coefficient (Wildman–Crippen LogP) is 0.0478. The summed E-state index contributed by atoms with van der Waals surface area (Å²) in [5.74, 6) is 0.00798. The third-order valence-corrected chi connectivity index (χ3v) is 2.98. The molecule has 7 nitrogen and oxygen atoms in total. The third-order valence-electron chi connectivity index (χ3n) is 2.98. The molecule has 1 fully saturated rings. The van der Waals surface area contributed by atoms with Crippen LogP contribution < -0.4 is 11.2 Å². The number of amidine groups is 1. The highest BCUT2D eigenvalue weighted by Gasteiger charge is 2.18. The van der Waals surface area contributed by atoms with Crippen LogP contribution in [0.25, 0.3) is 11.2 Å². The van der Waals surface area contributed by atoms with Gasteiger partial charge in [0.05, 0.1) is 12.6 Å². The molecule has 1 saturated heterocycles. The summed E-state index contributed by atoms with van der Waals surface area (Å²) < 4.78 is 7.09. The fourth-order valence-corrected chi connectivity index (χ4v) is 2.09. The van der Waals surface area contributed by atoms with E-state index in [-0.39, 0.29) is 11.9 Å². The van der Waals surface area contributed by atoms with Gasteiger partial charge in [-0.2, -0.15) is 0 Å². The first-order valence-electron chi connectivity index (χ1n) is 5.76. The fraction of sp³-hybridized carbons (Fsp3) is 0.364. The summed E-state index contributed by atoms with van der Waals surface area (Å²) in [6.45, 7) is 1.44. The van der Waals surface area contributed by atoms with Crippen LogP contribution >= 0.6 is 0 Å². The molecule has 1 atom stereocenters. The van der Waals surface area contributed by atoms with Crippen molar-refractivity contribution in [3.63, 3.8) is 0 Å². The van der Waals surface area contributed by atoms with Crippen molar-refractivity contribution in [1.29, 1.82) is 5.41 Å². The standard InChI is InChI=1S/C11H14N6O/c12-10(13)8-1-3-14-11-9(8)17(6-15-11)16-7-2-4-18-5-7/h1,3,6-7,16H,2,4-5H2,(H3,12,13). The molecule has 3 rings (SSSR count). The van der Waals surface area contributed by atoms with Crippen LogP contribution in [0.1, 0.15) is 12.0 Å². The van der Waals surface area contributed by atoms with Gasteiger partial charge in [-0.25, -0.2) is 14.6 Å². The van der Waals surface area contributed by atoms with E-state index in [0.29, 0.717) is 17.8 Å². The molecule has 0 bridgehead atoms. The number of aromatic nitrogens is 3. The van der Waals surface area contributed by atoms with Crippen LogP contribution in [0.2, 0.25) is 0 Å². The maximum atomic E-state index is 7.59. The first-order valence-corrected chi connectivity index (χ1v) is 5.76. The van der Waals surface area contributed by atoms with Gasteiger partial charge < -0.3 is 15.9 Å². The normalized spacial score (nSPS) is 19.2. The van der Waals surface area contributed by atoms with E-state index in [1.807, 2.05) is 0 Å². The van der Waals surface area contributed by atoms with E-state index in [9.17, 15) is 0 Å². The second-order valence-corrected chi connectivity index (χ2v) is 4.25. The number of fused-ring (bicyclic) bond motifs is 1. The quantitative estimate of drug-likeness (QED) is 0.524. The van der Waals surface area contributed by atoms with Crippen LogP contribution in [0.4, 0.5) is 0 Å². The Morgan fingerprint density at radius 2 is 2.44 bits per heavy atom. The molecule has 0 amide bonds. The van der Waals surface area contributed by atoms with Gasteiger partial charge in [-0.15, -0.1) is 0 Å². The summed E-state index contributed by atoms with van der Waals surface area (Å²) in [5.41, 5.74) is 10.8. The maximum absolute atomic E-state index is 7.59. The van der Waals surface area contributed by atoms with Crippen LogP contribution in [-0.4, -0.2) is 39.7 Å². The van der Waals surface area contributed by atoms with Crippen LogP contribution in [0.15, 0.2) is 18.6 Å². The van der Waals surface area contributed by atoms with Crippen molar-refractivity contribution in [2.45, 2.75) is 12.5 Å². The zero-order valence-electron chi connectivity index (χ0n) is 9.76. The summed E-state index contributed by atoms with van der Waals surface area (Å²) in [5, 5.41) is 7.59. The summed E-state index contributed by atoms with van der Waals surface area (Å²) in [6, 6.07) is 1.97. The van der Waals surface area contributed by atoms with Gasteiger partial charge in [0, 0.05) is 18.4 Å². The van der Waals surface area contributed by atoms with E-state index in [0.717, 1.165) is 18.5 Å². The molecule has 0 saturated carbocycles. The van der Waals surface area contributed by atoms with E-state index in [4.69, 9.17) is 15.9 Å². The number of rotatable bonds is 3. The van der Waals surface area contributed by atoms with E-state index in [2.05, 4.69) is 15.4 Å². The Morgan fingerprint density at radius 1 is 1.56 bits per heavy atom. The number of hydrogen-bond donors (Lipinski definition) is 3. The molecule has 94 valence electrons. The van der Waals surface area contributed by atoms with Crippen molar-refractivity contribution in [3.8, 4) is 0 Å². The van der Waals surface area contributed by atoms with E-state index >= 15 is 0 Å². The number of nitrogens with two attached hydrogens (primary N) is 1. The molecule has 7 heteroatoms. The first-order chi connectivity index (χ1) is 8.75. The van der Waals surface area contributed by atoms with Gasteiger partial charge in [-0.05, 0) is 12.5 Å². The second-order valence-electron chi connectivity index (χ2n) is 4.25. The van der Waals surface area contributed by atoms with E-state index in [1.165, 1.54) is 0 Å². The smallest absolute Gasteiger partial charge is 0.180 e. The van der Waals surface area contributed by atoms with Crippen molar-refractivity contribution < 1.29 is 4.74 Å². The van der Waals surface area contributed by atoms with Crippen LogP contribution in [0.5, 0.6) is 0 Å². The lowest BCUT2D eigenvalue weighted by Crippen LogP contribution is -2.28. The molecule has 0 aliphatic carbocycles. The lowest BCUT2D eigenvalue weighted by atomic mass is 10.2. The van der Waals surface area contributed by atoms with Crippen molar-refractivity contribution in [2.75, 3.05) is 18.6 Å².